The van der Waals surface area contributed by atoms with Gasteiger partial charge in [-0.3, -0.25) is 4.68 Å². The average Bonchev–Trinajstić information content (AvgIpc) is 3.14. The molecule has 31 heavy (non-hydrogen) atoms. The largest absolute Gasteiger partial charge is 0.405 e. The number of halogens is 4. The molecular weight excluding hydrogens is 440 g/mol. The number of alkyl halides is 3. The molecule has 0 aromatic carbocycles. The van der Waals surface area contributed by atoms with Crippen LogP contribution in [0.2, 0.25) is 0 Å². The zero-order chi connectivity index (χ0) is 22.5. The summed E-state index contributed by atoms with van der Waals surface area (Å²) in [5.74, 6) is -1.13. The van der Waals surface area contributed by atoms with Crippen LogP contribution < -0.4 is 9.50 Å². The van der Waals surface area contributed by atoms with Gasteiger partial charge >= 0.3 is 6.03 Å². The van der Waals surface area contributed by atoms with Crippen LogP contribution in [0.15, 0.2) is 24.5 Å². The minimum atomic E-state index is -2.80. The molecule has 0 aliphatic carbocycles. The van der Waals surface area contributed by atoms with E-state index in [0.29, 0.717) is 43.8 Å². The maximum Gasteiger partial charge on any atom is 0.321 e. The summed E-state index contributed by atoms with van der Waals surface area (Å²) in [5.41, 5.74) is -0.141. The van der Waals surface area contributed by atoms with Crippen molar-refractivity contribution in [1.82, 2.24) is 24.0 Å². The highest BCUT2D eigenvalue weighted by Crippen LogP contribution is 2.33. The molecule has 1 atom stereocenters. The summed E-state index contributed by atoms with van der Waals surface area (Å²) in [6.07, 6.45) is -0.867. The molecule has 1 fully saturated rings. The van der Waals surface area contributed by atoms with Crippen molar-refractivity contribution in [3.05, 3.63) is 36.2 Å². The molecule has 2 aromatic rings. The first-order chi connectivity index (χ1) is 14.7. The maximum absolute atomic E-state index is 14.9. The van der Waals surface area contributed by atoms with Gasteiger partial charge in [0.1, 0.15) is 12.2 Å². The number of urea groups is 1. The zero-order valence-corrected chi connectivity index (χ0v) is 17.7. The third kappa shape index (κ3) is 6.00. The lowest BCUT2D eigenvalue weighted by Gasteiger charge is -2.35. The van der Waals surface area contributed by atoms with Crippen LogP contribution >= 0.6 is 12.2 Å². The molecule has 1 N–H and O–H groups in total. The summed E-state index contributed by atoms with van der Waals surface area (Å²) in [4.78, 5) is 17.3. The maximum atomic E-state index is 14.9. The van der Waals surface area contributed by atoms with E-state index in [9.17, 15) is 22.4 Å². The number of hydrogen-bond donors (Lipinski definition) is 1. The Bertz CT molecular complexity index is 876. The highest BCUT2D eigenvalue weighted by molar-refractivity contribution is 7.92. The normalized spacial score (nSPS) is 16.1. The molecule has 2 aromatic heterocycles. The van der Waals surface area contributed by atoms with Gasteiger partial charge in [0.2, 0.25) is 5.95 Å². The van der Waals surface area contributed by atoms with Gasteiger partial charge < -0.3 is 14.4 Å². The van der Waals surface area contributed by atoms with E-state index in [0.717, 1.165) is 6.07 Å². The lowest BCUT2D eigenvalue weighted by atomic mass is 9.96. The first-order valence-corrected chi connectivity index (χ1v) is 10.1. The summed E-state index contributed by atoms with van der Waals surface area (Å²) >= 11 is 0.627. The molecule has 0 unspecified atom stereocenters. The van der Waals surface area contributed by atoms with Crippen LogP contribution in [0.3, 0.4) is 0 Å². The Morgan fingerprint density at radius 3 is 2.65 bits per heavy atom. The van der Waals surface area contributed by atoms with Crippen molar-refractivity contribution in [2.45, 2.75) is 25.6 Å². The molecule has 3 rings (SSSR count). The van der Waals surface area contributed by atoms with Crippen LogP contribution in [0.25, 0.3) is 0 Å². The van der Waals surface area contributed by atoms with Gasteiger partial charge in [0.25, 0.3) is 6.43 Å². The van der Waals surface area contributed by atoms with Crippen LogP contribution in [0.5, 0.6) is 5.75 Å². The number of likely N-dealkylation sites (tertiary alicyclic amines) is 1. The monoisotopic (exact) mass is 462 g/mol. The first-order valence-electron chi connectivity index (χ1n) is 9.45. The molecule has 0 spiro atoms. The fourth-order valence-corrected chi connectivity index (χ4v) is 3.75. The third-order valence-corrected chi connectivity index (χ3v) is 5.51. The number of hydrogen-bond acceptors (Lipinski definition) is 6. The highest BCUT2D eigenvalue weighted by Gasteiger charge is 2.32. The second-order valence-corrected chi connectivity index (χ2v) is 7.95. The standard InChI is InChI=1S/C18H22F4N6O2S/c1-26-10-13(15(25-26)16(20)21)30-31-27(2)17(22)11-5-7-28(8-6-11)18(29)24-12-3-4-14(19)23-9-12/h3-4,9-11,16-17H,5-8H2,1-2H3,(H,24,29)/t17-/m0/s1. The molecule has 13 heteroatoms. The Morgan fingerprint density at radius 2 is 2.03 bits per heavy atom. The summed E-state index contributed by atoms with van der Waals surface area (Å²) < 4.78 is 61.3. The first kappa shape index (κ1) is 23.1. The van der Waals surface area contributed by atoms with Crippen molar-refractivity contribution < 1.29 is 26.5 Å². The number of aromatic nitrogens is 3. The van der Waals surface area contributed by atoms with E-state index in [1.165, 1.54) is 41.5 Å². The van der Waals surface area contributed by atoms with Crippen LogP contribution in [-0.4, -0.2) is 56.4 Å². The van der Waals surface area contributed by atoms with E-state index in [1.807, 2.05) is 0 Å². The molecule has 0 saturated carbocycles. The second kappa shape index (κ2) is 10.2. The second-order valence-electron chi connectivity index (χ2n) is 7.05. The van der Waals surface area contributed by atoms with Crippen LogP contribution in [-0.2, 0) is 7.05 Å². The van der Waals surface area contributed by atoms with Crippen LogP contribution in [0, 0.1) is 11.9 Å². The molecule has 1 saturated heterocycles. The number of aryl methyl sites for hydroxylation is 1. The van der Waals surface area contributed by atoms with E-state index in [-0.39, 0.29) is 17.7 Å². The lowest BCUT2D eigenvalue weighted by Crippen LogP contribution is -2.44. The minimum absolute atomic E-state index is 0.122. The summed E-state index contributed by atoms with van der Waals surface area (Å²) in [6.45, 7) is 0.673. The van der Waals surface area contributed by atoms with Gasteiger partial charge in [0.15, 0.2) is 17.7 Å². The Labute approximate surface area is 180 Å². The lowest BCUT2D eigenvalue weighted by molar-refractivity contribution is 0.0759. The van der Waals surface area contributed by atoms with Crippen LogP contribution in [0.1, 0.15) is 25.0 Å². The van der Waals surface area contributed by atoms with Gasteiger partial charge in [-0.25, -0.2) is 22.9 Å². The number of carbonyl (C=O) groups excluding carboxylic acids is 1. The van der Waals surface area contributed by atoms with E-state index < -0.39 is 24.4 Å². The molecule has 1 aliphatic heterocycles. The van der Waals surface area contributed by atoms with Crippen molar-refractivity contribution in [3.63, 3.8) is 0 Å². The highest BCUT2D eigenvalue weighted by atomic mass is 32.2. The Hall–Kier alpha value is -2.54. The molecule has 170 valence electrons. The number of rotatable bonds is 7. The number of amides is 2. The third-order valence-electron chi connectivity index (χ3n) is 4.82. The Kier molecular flexibility index (Phi) is 7.59. The number of nitrogens with zero attached hydrogens (tertiary/aromatic N) is 5. The predicted octanol–water partition coefficient (Wildman–Crippen LogP) is 4.01. The van der Waals surface area contributed by atoms with Gasteiger partial charge in [-0.15, -0.1) is 0 Å². The van der Waals surface area contributed by atoms with Crippen molar-refractivity contribution in [1.29, 1.82) is 0 Å². The minimum Gasteiger partial charge on any atom is -0.405 e. The fourth-order valence-electron chi connectivity index (χ4n) is 3.17. The number of piperidine rings is 1. The zero-order valence-electron chi connectivity index (χ0n) is 16.8. The van der Waals surface area contributed by atoms with Gasteiger partial charge in [0, 0.05) is 33.1 Å². The topological polar surface area (TPSA) is 75.5 Å². The molecule has 0 bridgehead atoms. The molecule has 0 radical (unpaired) electrons. The Balaban J connectivity index is 1.46. The fraction of sp³-hybridized carbons (Fsp3) is 0.500. The number of pyridine rings is 1. The predicted molar refractivity (Wildman–Crippen MR) is 107 cm³/mol. The SMILES string of the molecule is CN(SOc1cn(C)nc1C(F)F)[C@H](F)C1CCN(C(=O)Nc2ccc(F)nc2)CC1. The Morgan fingerprint density at radius 1 is 1.32 bits per heavy atom. The number of nitrogens with one attached hydrogen (secondary N) is 1. The number of carbonyl (C=O) groups is 1. The van der Waals surface area contributed by atoms with Gasteiger partial charge in [-0.05, 0) is 25.0 Å². The molecule has 2 amide bonds. The molecule has 3 heterocycles. The average molecular weight is 462 g/mol. The van der Waals surface area contributed by atoms with Crippen molar-refractivity contribution in [3.8, 4) is 5.75 Å². The molecule has 8 nitrogen and oxygen atoms in total. The van der Waals surface area contributed by atoms with E-state index in [1.54, 1.807) is 4.90 Å². The van der Waals surface area contributed by atoms with Crippen LogP contribution in [0.4, 0.5) is 28.0 Å². The van der Waals surface area contributed by atoms with E-state index >= 15 is 0 Å². The van der Waals surface area contributed by atoms with Crippen molar-refractivity contribution >= 4 is 23.9 Å². The number of anilines is 1. The van der Waals surface area contributed by atoms with Gasteiger partial charge in [-0.1, -0.05) is 0 Å². The smallest absolute Gasteiger partial charge is 0.321 e. The molecular formula is C18H22F4N6O2S. The van der Waals surface area contributed by atoms with Crippen molar-refractivity contribution in [2.75, 3.05) is 25.5 Å². The van der Waals surface area contributed by atoms with Crippen molar-refractivity contribution in [2.24, 2.45) is 13.0 Å². The summed E-state index contributed by atoms with van der Waals surface area (Å²) in [6, 6.07) is 2.17. The molecule has 1 aliphatic rings. The van der Waals surface area contributed by atoms with E-state index in [4.69, 9.17) is 4.18 Å². The van der Waals surface area contributed by atoms with E-state index in [2.05, 4.69) is 15.4 Å². The van der Waals surface area contributed by atoms with Gasteiger partial charge in [-0.2, -0.15) is 13.8 Å². The summed E-state index contributed by atoms with van der Waals surface area (Å²) in [7, 11) is 2.95. The van der Waals surface area contributed by atoms with Gasteiger partial charge in [0.05, 0.1) is 18.1 Å². The quantitative estimate of drug-likeness (QED) is 0.220. The summed E-state index contributed by atoms with van der Waals surface area (Å²) in [5, 5.41) is 6.25.